The summed E-state index contributed by atoms with van der Waals surface area (Å²) in [6.07, 6.45) is 19.2. The Labute approximate surface area is 183 Å². The van der Waals surface area contributed by atoms with Crippen molar-refractivity contribution in [2.75, 3.05) is 7.11 Å². The van der Waals surface area contributed by atoms with Crippen LogP contribution >= 0.6 is 0 Å². The fraction of sp³-hybridized carbons (Fsp3) is 0.654. The highest BCUT2D eigenvalue weighted by molar-refractivity contribution is 5.72. The molecule has 0 fully saturated rings. The number of hydrogen-bond acceptors (Lipinski definition) is 3. The van der Waals surface area contributed by atoms with Gasteiger partial charge in [-0.25, -0.2) is 4.79 Å². The van der Waals surface area contributed by atoms with Crippen LogP contribution < -0.4 is 4.74 Å². The maximum atomic E-state index is 11.4. The molecule has 0 saturated heterocycles. The van der Waals surface area contributed by atoms with Crippen molar-refractivity contribution in [3.05, 3.63) is 42.0 Å². The van der Waals surface area contributed by atoms with Gasteiger partial charge >= 0.3 is 5.97 Å². The number of hydrogen-bond donors (Lipinski definition) is 1. The Morgan fingerprint density at radius 2 is 1.47 bits per heavy atom. The van der Waals surface area contributed by atoms with Crippen molar-refractivity contribution in [3.63, 3.8) is 0 Å². The van der Waals surface area contributed by atoms with Crippen LogP contribution in [-0.4, -0.2) is 24.3 Å². The predicted molar refractivity (Wildman–Crippen MR) is 124 cm³/mol. The molecule has 170 valence electrons. The molecule has 0 heterocycles. The van der Waals surface area contributed by atoms with E-state index in [0.29, 0.717) is 13.0 Å². The molecule has 1 atom stereocenters. The average Bonchev–Trinajstić information content (AvgIpc) is 2.76. The molecule has 0 aromatic heterocycles. The molecule has 0 radical (unpaired) electrons. The van der Waals surface area contributed by atoms with Gasteiger partial charge in [-0.05, 0) is 49.8 Å². The summed E-state index contributed by atoms with van der Waals surface area (Å²) < 4.78 is 10.8. The lowest BCUT2D eigenvalue weighted by molar-refractivity contribution is -0.151. The molecule has 4 nitrogen and oxygen atoms in total. The number of aliphatic carboxylic acids is 1. The van der Waals surface area contributed by atoms with E-state index >= 15 is 0 Å². The highest BCUT2D eigenvalue weighted by Crippen LogP contribution is 2.16. The second-order valence-electron chi connectivity index (χ2n) is 8.01. The molecule has 1 rings (SSSR count). The van der Waals surface area contributed by atoms with E-state index in [0.717, 1.165) is 24.2 Å². The normalized spacial score (nSPS) is 12.3. The van der Waals surface area contributed by atoms with Crippen molar-refractivity contribution >= 4 is 5.97 Å². The third-order valence-corrected chi connectivity index (χ3v) is 5.36. The van der Waals surface area contributed by atoms with Crippen LogP contribution in [0.15, 0.2) is 36.4 Å². The lowest BCUT2D eigenvalue weighted by Gasteiger charge is -2.14. The topological polar surface area (TPSA) is 55.8 Å². The third kappa shape index (κ3) is 13.4. The second kappa shape index (κ2) is 18.0. The van der Waals surface area contributed by atoms with Gasteiger partial charge in [-0.1, -0.05) is 82.6 Å². The van der Waals surface area contributed by atoms with Gasteiger partial charge in [0.15, 0.2) is 6.10 Å². The predicted octanol–water partition coefficient (Wildman–Crippen LogP) is 7.31. The van der Waals surface area contributed by atoms with E-state index < -0.39 is 12.1 Å². The summed E-state index contributed by atoms with van der Waals surface area (Å²) in [6, 6.07) is 7.52. The summed E-state index contributed by atoms with van der Waals surface area (Å²) in [5, 5.41) is 9.39. The van der Waals surface area contributed by atoms with Gasteiger partial charge in [-0.15, -0.1) is 0 Å². The van der Waals surface area contributed by atoms with E-state index in [2.05, 4.69) is 19.1 Å². The van der Waals surface area contributed by atoms with E-state index in [-0.39, 0.29) is 0 Å². The molecule has 0 amide bonds. The van der Waals surface area contributed by atoms with Gasteiger partial charge in [0.1, 0.15) is 5.75 Å². The fourth-order valence-corrected chi connectivity index (χ4v) is 3.42. The number of carboxylic acid groups (broad SMARTS) is 1. The number of benzene rings is 1. The molecule has 0 aliphatic carbocycles. The van der Waals surface area contributed by atoms with Crippen LogP contribution in [0.1, 0.15) is 96.0 Å². The van der Waals surface area contributed by atoms with E-state index in [4.69, 9.17) is 9.47 Å². The minimum absolute atomic E-state index is 0.313. The van der Waals surface area contributed by atoms with Crippen LogP contribution in [0.4, 0.5) is 0 Å². The molecule has 0 bridgehead atoms. The van der Waals surface area contributed by atoms with Crippen LogP contribution in [0.5, 0.6) is 5.75 Å². The minimum Gasteiger partial charge on any atom is -0.497 e. The monoisotopic (exact) mass is 418 g/mol. The lowest BCUT2D eigenvalue weighted by atomic mass is 10.1. The molecule has 1 N–H and O–H groups in total. The number of methoxy groups -OCH3 is 1. The first kappa shape index (κ1) is 26.2. The molecule has 0 aliphatic heterocycles. The molecular weight excluding hydrogens is 376 g/mol. The quantitative estimate of drug-likeness (QED) is 0.189. The molecular formula is C26H42O4. The van der Waals surface area contributed by atoms with E-state index in [1.54, 1.807) is 7.11 Å². The molecule has 0 saturated carbocycles. The number of carbonyl (C=O) groups is 1. The van der Waals surface area contributed by atoms with E-state index in [1.807, 2.05) is 24.3 Å². The summed E-state index contributed by atoms with van der Waals surface area (Å²) in [6.45, 7) is 2.56. The molecule has 4 heteroatoms. The summed E-state index contributed by atoms with van der Waals surface area (Å²) in [5.41, 5.74) is 0.956. The first-order valence-electron chi connectivity index (χ1n) is 11.8. The Morgan fingerprint density at radius 1 is 0.900 bits per heavy atom. The maximum Gasteiger partial charge on any atom is 0.332 e. The Morgan fingerprint density at radius 3 is 2.03 bits per heavy atom. The van der Waals surface area contributed by atoms with Gasteiger partial charge in [0.25, 0.3) is 0 Å². The largest absolute Gasteiger partial charge is 0.497 e. The summed E-state index contributed by atoms with van der Waals surface area (Å²) >= 11 is 0. The zero-order valence-corrected chi connectivity index (χ0v) is 19.1. The van der Waals surface area contributed by atoms with Crippen molar-refractivity contribution in [1.82, 2.24) is 0 Å². The third-order valence-electron chi connectivity index (χ3n) is 5.36. The van der Waals surface area contributed by atoms with Crippen molar-refractivity contribution in [2.24, 2.45) is 0 Å². The summed E-state index contributed by atoms with van der Waals surface area (Å²) in [5.74, 6) is -0.0861. The fourth-order valence-electron chi connectivity index (χ4n) is 3.42. The molecule has 1 aromatic carbocycles. The van der Waals surface area contributed by atoms with Crippen molar-refractivity contribution < 1.29 is 19.4 Å². The molecule has 0 aliphatic rings. The first-order valence-corrected chi connectivity index (χ1v) is 11.8. The molecule has 0 spiro atoms. The van der Waals surface area contributed by atoms with Gasteiger partial charge in [0.05, 0.1) is 13.7 Å². The van der Waals surface area contributed by atoms with Gasteiger partial charge < -0.3 is 14.6 Å². The maximum absolute atomic E-state index is 11.4. The van der Waals surface area contributed by atoms with Gasteiger partial charge in [-0.3, -0.25) is 0 Å². The van der Waals surface area contributed by atoms with Gasteiger partial charge in [0.2, 0.25) is 0 Å². The lowest BCUT2D eigenvalue weighted by Crippen LogP contribution is -2.23. The minimum atomic E-state index is -0.870. The Balaban J connectivity index is 2.03. The van der Waals surface area contributed by atoms with Crippen LogP contribution in [0.2, 0.25) is 0 Å². The van der Waals surface area contributed by atoms with Crippen molar-refractivity contribution in [2.45, 2.75) is 103 Å². The Hall–Kier alpha value is -1.81. The zero-order chi connectivity index (χ0) is 21.9. The van der Waals surface area contributed by atoms with Crippen molar-refractivity contribution in [1.29, 1.82) is 0 Å². The average molecular weight is 419 g/mol. The van der Waals surface area contributed by atoms with Crippen LogP contribution in [0.3, 0.4) is 0 Å². The zero-order valence-electron chi connectivity index (χ0n) is 19.1. The molecule has 0 unspecified atom stereocenters. The van der Waals surface area contributed by atoms with E-state index in [9.17, 15) is 9.90 Å². The van der Waals surface area contributed by atoms with Crippen molar-refractivity contribution in [3.8, 4) is 5.75 Å². The van der Waals surface area contributed by atoms with Crippen LogP contribution in [0, 0.1) is 0 Å². The standard InChI is InChI=1S/C26H42O4/c1-3-4-5-6-7-8-9-10-11-12-13-14-15-16-17-25(26(27)28)30-22-23-18-20-24(29-2)21-19-23/h8-9,18-21,25H,3-7,10-17,22H2,1-2H3,(H,27,28)/b9-8-/t25-/m0/s1. The second-order valence-corrected chi connectivity index (χ2v) is 8.01. The molecule has 30 heavy (non-hydrogen) atoms. The highest BCUT2D eigenvalue weighted by atomic mass is 16.5. The van der Waals surface area contributed by atoms with E-state index in [1.165, 1.54) is 64.2 Å². The number of rotatable bonds is 19. The van der Waals surface area contributed by atoms with Gasteiger partial charge in [-0.2, -0.15) is 0 Å². The SMILES string of the molecule is CCCCCC/C=C\CCCCCCCC[C@H](OCc1ccc(OC)cc1)C(=O)O. The smallest absolute Gasteiger partial charge is 0.332 e. The number of unbranched alkanes of at least 4 members (excludes halogenated alkanes) is 10. The number of allylic oxidation sites excluding steroid dienone is 2. The van der Waals surface area contributed by atoms with Gasteiger partial charge in [0, 0.05) is 0 Å². The highest BCUT2D eigenvalue weighted by Gasteiger charge is 2.17. The summed E-state index contributed by atoms with van der Waals surface area (Å²) in [7, 11) is 1.62. The first-order chi connectivity index (χ1) is 14.7. The van der Waals surface area contributed by atoms with Crippen LogP contribution in [0.25, 0.3) is 0 Å². The number of carboxylic acids is 1. The van der Waals surface area contributed by atoms with Crippen LogP contribution in [-0.2, 0) is 16.1 Å². The number of ether oxygens (including phenoxy) is 2. The summed E-state index contributed by atoms with van der Waals surface area (Å²) in [4.78, 5) is 11.4. The molecule has 1 aromatic rings. The Kier molecular flexibility index (Phi) is 15.7. The Bertz CT molecular complexity index is 565.